The molecule has 3 rings (SSSR count). The molecule has 0 bridgehead atoms. The molecule has 2 aromatic carbocycles. The highest BCUT2D eigenvalue weighted by molar-refractivity contribution is 6.30. The van der Waals surface area contributed by atoms with Crippen LogP contribution in [0.2, 0.25) is 5.02 Å². The molecule has 132 valence electrons. The second-order valence-corrected chi connectivity index (χ2v) is 6.00. The van der Waals surface area contributed by atoms with E-state index in [1.165, 1.54) is 0 Å². The first-order valence-corrected chi connectivity index (χ1v) is 8.42. The van der Waals surface area contributed by atoms with E-state index in [0.717, 1.165) is 22.7 Å². The third-order valence-electron chi connectivity index (χ3n) is 3.74. The number of nitrogens with zero attached hydrogens (tertiary/aromatic N) is 1. The highest BCUT2D eigenvalue weighted by Gasteiger charge is 2.09. The SMILES string of the molecule is COc1ccccc1CNC(=O)c1ccc(Nc2cccc(Cl)c2)cn1. The highest BCUT2D eigenvalue weighted by Crippen LogP contribution is 2.20. The van der Waals surface area contributed by atoms with Crippen LogP contribution in [0.3, 0.4) is 0 Å². The number of pyridine rings is 1. The number of carbonyl (C=O) groups is 1. The lowest BCUT2D eigenvalue weighted by molar-refractivity contribution is 0.0946. The van der Waals surface area contributed by atoms with Gasteiger partial charge in [-0.25, -0.2) is 4.98 Å². The Balaban J connectivity index is 1.61. The lowest BCUT2D eigenvalue weighted by Crippen LogP contribution is -2.24. The van der Waals surface area contributed by atoms with E-state index in [1.54, 1.807) is 31.5 Å². The summed E-state index contributed by atoms with van der Waals surface area (Å²) in [5.41, 5.74) is 2.88. The molecule has 2 N–H and O–H groups in total. The molecule has 26 heavy (non-hydrogen) atoms. The van der Waals surface area contributed by atoms with Crippen LogP contribution in [0.1, 0.15) is 16.1 Å². The summed E-state index contributed by atoms with van der Waals surface area (Å²) >= 11 is 5.97. The number of aromatic nitrogens is 1. The molecule has 1 heterocycles. The molecule has 1 amide bonds. The number of nitrogens with one attached hydrogen (secondary N) is 2. The summed E-state index contributed by atoms with van der Waals surface area (Å²) in [5, 5.41) is 6.68. The topological polar surface area (TPSA) is 63.2 Å². The Kier molecular flexibility index (Phi) is 5.71. The number of hydrogen-bond acceptors (Lipinski definition) is 4. The van der Waals surface area contributed by atoms with Crippen molar-refractivity contribution < 1.29 is 9.53 Å². The molecule has 0 radical (unpaired) electrons. The second-order valence-electron chi connectivity index (χ2n) is 5.56. The number of carbonyl (C=O) groups excluding carboxylic acids is 1. The standard InChI is InChI=1S/C20H18ClN3O2/c1-26-19-8-3-2-5-14(19)12-23-20(25)18-10-9-17(13-22-18)24-16-7-4-6-15(21)11-16/h2-11,13,24H,12H2,1H3,(H,23,25). The summed E-state index contributed by atoms with van der Waals surface area (Å²) in [7, 11) is 1.61. The zero-order valence-electron chi connectivity index (χ0n) is 14.2. The van der Waals surface area contributed by atoms with Gasteiger partial charge >= 0.3 is 0 Å². The van der Waals surface area contributed by atoms with Crippen LogP contribution in [0, 0.1) is 0 Å². The van der Waals surface area contributed by atoms with Gasteiger partial charge in [-0.05, 0) is 36.4 Å². The Labute approximate surface area is 157 Å². The van der Waals surface area contributed by atoms with Crippen molar-refractivity contribution in [2.45, 2.75) is 6.54 Å². The third kappa shape index (κ3) is 4.52. The quantitative estimate of drug-likeness (QED) is 0.677. The Hall–Kier alpha value is -3.05. The van der Waals surface area contributed by atoms with E-state index >= 15 is 0 Å². The lowest BCUT2D eigenvalue weighted by Gasteiger charge is -2.10. The number of rotatable bonds is 6. The molecule has 0 aliphatic heterocycles. The zero-order chi connectivity index (χ0) is 18.4. The minimum atomic E-state index is -0.245. The van der Waals surface area contributed by atoms with Crippen LogP contribution >= 0.6 is 11.6 Å². The maximum Gasteiger partial charge on any atom is 0.270 e. The molecule has 0 aliphatic rings. The van der Waals surface area contributed by atoms with Crippen molar-refractivity contribution in [2.24, 2.45) is 0 Å². The maximum absolute atomic E-state index is 12.3. The van der Waals surface area contributed by atoms with Crippen molar-refractivity contribution in [2.75, 3.05) is 12.4 Å². The summed E-state index contributed by atoms with van der Waals surface area (Å²) in [6.07, 6.45) is 1.61. The van der Waals surface area contributed by atoms with Crippen molar-refractivity contribution in [1.82, 2.24) is 10.3 Å². The predicted molar refractivity (Wildman–Crippen MR) is 103 cm³/mol. The van der Waals surface area contributed by atoms with E-state index in [9.17, 15) is 4.79 Å². The number of methoxy groups -OCH3 is 1. The molecule has 0 saturated heterocycles. The smallest absolute Gasteiger partial charge is 0.270 e. The molecule has 1 aromatic heterocycles. The summed E-state index contributed by atoms with van der Waals surface area (Å²) in [6.45, 7) is 0.368. The van der Waals surface area contributed by atoms with Gasteiger partial charge in [-0.15, -0.1) is 0 Å². The van der Waals surface area contributed by atoms with Gasteiger partial charge in [0, 0.05) is 22.8 Å². The molecular weight excluding hydrogens is 350 g/mol. The van der Waals surface area contributed by atoms with Crippen LogP contribution < -0.4 is 15.4 Å². The minimum absolute atomic E-state index is 0.245. The van der Waals surface area contributed by atoms with Crippen LogP contribution in [-0.4, -0.2) is 18.0 Å². The summed E-state index contributed by atoms with van der Waals surface area (Å²) in [4.78, 5) is 16.5. The lowest BCUT2D eigenvalue weighted by atomic mass is 10.2. The zero-order valence-corrected chi connectivity index (χ0v) is 15.0. The first-order chi connectivity index (χ1) is 12.7. The number of benzene rings is 2. The molecular formula is C20H18ClN3O2. The van der Waals surface area contributed by atoms with Gasteiger partial charge in [0.05, 0.1) is 19.0 Å². The van der Waals surface area contributed by atoms with Crippen LogP contribution in [0.15, 0.2) is 66.9 Å². The Morgan fingerprint density at radius 3 is 2.65 bits per heavy atom. The molecule has 3 aromatic rings. The van der Waals surface area contributed by atoms with E-state index in [4.69, 9.17) is 16.3 Å². The molecule has 5 nitrogen and oxygen atoms in total. The van der Waals surface area contributed by atoms with Crippen LogP contribution in [0.4, 0.5) is 11.4 Å². The van der Waals surface area contributed by atoms with Crippen LogP contribution in [0.5, 0.6) is 5.75 Å². The first-order valence-electron chi connectivity index (χ1n) is 8.04. The summed E-state index contributed by atoms with van der Waals surface area (Å²) in [6, 6.07) is 18.4. The molecule has 0 aliphatic carbocycles. The van der Waals surface area contributed by atoms with Crippen molar-refractivity contribution in [3.8, 4) is 5.75 Å². The third-order valence-corrected chi connectivity index (χ3v) is 3.98. The monoisotopic (exact) mass is 367 g/mol. The predicted octanol–water partition coefficient (Wildman–Crippen LogP) is 4.42. The molecule has 0 unspecified atom stereocenters. The molecule has 6 heteroatoms. The molecule has 0 atom stereocenters. The van der Waals surface area contributed by atoms with Crippen LogP contribution in [-0.2, 0) is 6.54 Å². The first kappa shape index (κ1) is 17.8. The number of amides is 1. The average molecular weight is 368 g/mol. The number of hydrogen-bond donors (Lipinski definition) is 2. The van der Waals surface area contributed by atoms with E-state index in [0.29, 0.717) is 17.3 Å². The van der Waals surface area contributed by atoms with E-state index < -0.39 is 0 Å². The molecule has 0 fully saturated rings. The fourth-order valence-corrected chi connectivity index (χ4v) is 2.64. The normalized spacial score (nSPS) is 10.2. The van der Waals surface area contributed by atoms with Gasteiger partial charge in [0.2, 0.25) is 0 Å². The average Bonchev–Trinajstić information content (AvgIpc) is 2.67. The number of ether oxygens (including phenoxy) is 1. The van der Waals surface area contributed by atoms with Gasteiger partial charge in [-0.2, -0.15) is 0 Å². The molecule has 0 spiro atoms. The largest absolute Gasteiger partial charge is 0.496 e. The number of anilines is 2. The van der Waals surface area contributed by atoms with Crippen molar-refractivity contribution in [3.05, 3.63) is 83.1 Å². The minimum Gasteiger partial charge on any atom is -0.496 e. The van der Waals surface area contributed by atoms with E-state index in [1.807, 2.05) is 42.5 Å². The number of para-hydroxylation sites is 1. The van der Waals surface area contributed by atoms with Gasteiger partial charge in [0.15, 0.2) is 0 Å². The highest BCUT2D eigenvalue weighted by atomic mass is 35.5. The van der Waals surface area contributed by atoms with E-state index in [-0.39, 0.29) is 5.91 Å². The van der Waals surface area contributed by atoms with Gasteiger partial charge in [0.1, 0.15) is 11.4 Å². The van der Waals surface area contributed by atoms with Gasteiger partial charge in [-0.1, -0.05) is 35.9 Å². The molecule has 0 saturated carbocycles. The maximum atomic E-state index is 12.3. The Morgan fingerprint density at radius 1 is 1.08 bits per heavy atom. The fraction of sp³-hybridized carbons (Fsp3) is 0.100. The Morgan fingerprint density at radius 2 is 1.92 bits per heavy atom. The van der Waals surface area contributed by atoms with Crippen molar-refractivity contribution in [3.63, 3.8) is 0 Å². The summed E-state index contributed by atoms with van der Waals surface area (Å²) in [5.74, 6) is 0.493. The second kappa shape index (κ2) is 8.36. The Bertz CT molecular complexity index is 898. The summed E-state index contributed by atoms with van der Waals surface area (Å²) < 4.78 is 5.28. The fourth-order valence-electron chi connectivity index (χ4n) is 2.45. The van der Waals surface area contributed by atoms with E-state index in [2.05, 4.69) is 15.6 Å². The number of halogens is 1. The van der Waals surface area contributed by atoms with Gasteiger partial charge < -0.3 is 15.4 Å². The van der Waals surface area contributed by atoms with Gasteiger partial charge in [-0.3, -0.25) is 4.79 Å². The van der Waals surface area contributed by atoms with Gasteiger partial charge in [0.25, 0.3) is 5.91 Å². The van der Waals surface area contributed by atoms with Crippen molar-refractivity contribution in [1.29, 1.82) is 0 Å². The van der Waals surface area contributed by atoms with Crippen LogP contribution in [0.25, 0.3) is 0 Å². The van der Waals surface area contributed by atoms with Crippen molar-refractivity contribution >= 4 is 28.9 Å².